The number of amides is 2. The minimum atomic E-state index is -0.380. The molecule has 2 N–H and O–H groups in total. The van der Waals surface area contributed by atoms with Gasteiger partial charge in [0.05, 0.1) is 0 Å². The summed E-state index contributed by atoms with van der Waals surface area (Å²) in [6, 6.07) is 15.6. The van der Waals surface area contributed by atoms with Crippen molar-refractivity contribution in [2.45, 2.75) is 20.3 Å². The number of carbonyl (C=O) groups is 2. The number of carbonyl (C=O) groups excluding carboxylic acids is 2. The van der Waals surface area contributed by atoms with E-state index in [9.17, 15) is 9.59 Å². The molecule has 2 aromatic carbocycles. The maximum Gasteiger partial charge on any atom is 0.286 e. The van der Waals surface area contributed by atoms with Crippen LogP contribution < -0.4 is 10.6 Å². The second kappa shape index (κ2) is 8.55. The van der Waals surface area contributed by atoms with Gasteiger partial charge in [-0.25, -0.2) is 0 Å². The third kappa shape index (κ3) is 5.21. The molecule has 7 heteroatoms. The van der Waals surface area contributed by atoms with Gasteiger partial charge in [0.25, 0.3) is 11.8 Å². The van der Waals surface area contributed by atoms with Gasteiger partial charge in [-0.1, -0.05) is 58.9 Å². The van der Waals surface area contributed by atoms with Crippen molar-refractivity contribution < 1.29 is 9.59 Å². The van der Waals surface area contributed by atoms with Crippen molar-refractivity contribution >= 4 is 28.8 Å². The quantitative estimate of drug-likeness (QED) is 0.687. The first-order valence-electron chi connectivity index (χ1n) is 8.56. The Bertz CT molecular complexity index is 933. The van der Waals surface area contributed by atoms with Crippen molar-refractivity contribution in [1.82, 2.24) is 15.5 Å². The van der Waals surface area contributed by atoms with Gasteiger partial charge in [0, 0.05) is 12.2 Å². The van der Waals surface area contributed by atoms with Gasteiger partial charge in [0.2, 0.25) is 10.0 Å². The molecule has 0 unspecified atom stereocenters. The van der Waals surface area contributed by atoms with Crippen LogP contribution in [-0.4, -0.2) is 28.6 Å². The number of hydrogen-bond donors (Lipinski definition) is 2. The zero-order valence-corrected chi connectivity index (χ0v) is 16.0. The van der Waals surface area contributed by atoms with Crippen LogP contribution in [0.25, 0.3) is 0 Å². The first kappa shape index (κ1) is 18.7. The fourth-order valence-corrected chi connectivity index (χ4v) is 3.03. The Hall–Kier alpha value is -3.06. The SMILES string of the molecule is Cc1ccc(CCNC(=O)c2nnc(C(=O)Nc3ccc(C)cc3)s2)cc1. The summed E-state index contributed by atoms with van der Waals surface area (Å²) in [6.07, 6.45) is 0.728. The van der Waals surface area contributed by atoms with Crippen molar-refractivity contribution in [2.75, 3.05) is 11.9 Å². The van der Waals surface area contributed by atoms with Gasteiger partial charge in [-0.2, -0.15) is 0 Å². The number of aromatic nitrogens is 2. The normalized spacial score (nSPS) is 10.4. The first-order chi connectivity index (χ1) is 13.0. The molecule has 0 aliphatic carbocycles. The van der Waals surface area contributed by atoms with Crippen LogP contribution in [0.5, 0.6) is 0 Å². The molecule has 1 heterocycles. The van der Waals surface area contributed by atoms with Crippen molar-refractivity contribution in [1.29, 1.82) is 0 Å². The molecule has 3 rings (SSSR count). The molecule has 6 nitrogen and oxygen atoms in total. The molecule has 0 saturated heterocycles. The Morgan fingerprint density at radius 1 is 0.852 bits per heavy atom. The highest BCUT2D eigenvalue weighted by Gasteiger charge is 2.17. The summed E-state index contributed by atoms with van der Waals surface area (Å²) in [7, 11) is 0. The molecule has 0 aliphatic heterocycles. The zero-order valence-electron chi connectivity index (χ0n) is 15.2. The van der Waals surface area contributed by atoms with Crippen LogP contribution in [0.4, 0.5) is 5.69 Å². The highest BCUT2D eigenvalue weighted by molar-refractivity contribution is 7.15. The number of aryl methyl sites for hydroxylation is 2. The van der Waals surface area contributed by atoms with Gasteiger partial charge in [0.1, 0.15) is 0 Å². The van der Waals surface area contributed by atoms with Gasteiger partial charge in [-0.3, -0.25) is 9.59 Å². The molecule has 0 saturated carbocycles. The molecule has 0 fully saturated rings. The monoisotopic (exact) mass is 380 g/mol. The lowest BCUT2D eigenvalue weighted by Crippen LogP contribution is -2.25. The molecule has 0 atom stereocenters. The van der Waals surface area contributed by atoms with Crippen LogP contribution in [0.1, 0.15) is 36.3 Å². The standard InChI is InChI=1S/C20H20N4O2S/c1-13-3-7-15(8-4-13)11-12-21-17(25)19-23-24-20(27-19)18(26)22-16-9-5-14(2)6-10-16/h3-10H,11-12H2,1-2H3,(H,21,25)(H,22,26). The van der Waals surface area contributed by atoms with Gasteiger partial charge in [-0.15, -0.1) is 10.2 Å². The summed E-state index contributed by atoms with van der Waals surface area (Å²) in [6.45, 7) is 4.50. The van der Waals surface area contributed by atoms with Crippen LogP contribution in [0.3, 0.4) is 0 Å². The molecule has 138 valence electrons. The number of benzene rings is 2. The summed E-state index contributed by atoms with van der Waals surface area (Å²) >= 11 is 0.973. The molecule has 3 aromatic rings. The highest BCUT2D eigenvalue weighted by Crippen LogP contribution is 2.14. The van der Waals surface area contributed by atoms with E-state index in [0.717, 1.165) is 28.9 Å². The van der Waals surface area contributed by atoms with Crippen molar-refractivity contribution in [3.8, 4) is 0 Å². The van der Waals surface area contributed by atoms with E-state index in [4.69, 9.17) is 0 Å². The maximum absolute atomic E-state index is 12.2. The smallest absolute Gasteiger partial charge is 0.286 e. The molecule has 0 spiro atoms. The van der Waals surface area contributed by atoms with E-state index >= 15 is 0 Å². The number of anilines is 1. The third-order valence-corrected chi connectivity index (χ3v) is 4.86. The van der Waals surface area contributed by atoms with E-state index < -0.39 is 0 Å². The van der Waals surface area contributed by atoms with Crippen molar-refractivity contribution in [2.24, 2.45) is 0 Å². The molecule has 0 bridgehead atoms. The highest BCUT2D eigenvalue weighted by atomic mass is 32.1. The molecular formula is C20H20N4O2S. The summed E-state index contributed by atoms with van der Waals surface area (Å²) in [4.78, 5) is 24.4. The Morgan fingerprint density at radius 2 is 1.41 bits per heavy atom. The Morgan fingerprint density at radius 3 is 2.04 bits per heavy atom. The van der Waals surface area contributed by atoms with E-state index in [1.54, 1.807) is 0 Å². The third-order valence-electron chi connectivity index (χ3n) is 3.94. The fourth-order valence-electron chi connectivity index (χ4n) is 2.38. The Balaban J connectivity index is 1.52. The zero-order chi connectivity index (χ0) is 19.2. The molecule has 0 aliphatic rings. The number of nitrogens with one attached hydrogen (secondary N) is 2. The number of rotatable bonds is 6. The van der Waals surface area contributed by atoms with Gasteiger partial charge in [-0.05, 0) is 38.0 Å². The van der Waals surface area contributed by atoms with Gasteiger partial charge >= 0.3 is 0 Å². The largest absolute Gasteiger partial charge is 0.350 e. The average Bonchev–Trinajstić information content (AvgIpc) is 3.16. The lowest BCUT2D eigenvalue weighted by atomic mass is 10.1. The maximum atomic E-state index is 12.2. The minimum absolute atomic E-state index is 0.152. The lowest BCUT2D eigenvalue weighted by Gasteiger charge is -2.03. The predicted octanol–water partition coefficient (Wildman–Crippen LogP) is 3.38. The van der Waals surface area contributed by atoms with E-state index in [-0.39, 0.29) is 21.8 Å². The number of nitrogens with zero attached hydrogens (tertiary/aromatic N) is 2. The second-order valence-electron chi connectivity index (χ2n) is 6.22. The summed E-state index contributed by atoms with van der Waals surface area (Å²) in [5, 5.41) is 13.5. The van der Waals surface area contributed by atoms with Crippen LogP contribution in [-0.2, 0) is 6.42 Å². The average molecular weight is 380 g/mol. The predicted molar refractivity (Wildman–Crippen MR) is 106 cm³/mol. The Labute approximate surface area is 161 Å². The van der Waals surface area contributed by atoms with Crippen LogP contribution in [0.2, 0.25) is 0 Å². The summed E-state index contributed by atoms with van der Waals surface area (Å²) < 4.78 is 0. The molecule has 27 heavy (non-hydrogen) atoms. The lowest BCUT2D eigenvalue weighted by molar-refractivity contribution is 0.0951. The van der Waals surface area contributed by atoms with Crippen LogP contribution >= 0.6 is 11.3 Å². The van der Waals surface area contributed by atoms with E-state index in [2.05, 4.69) is 20.8 Å². The molecule has 2 amide bonds. The number of hydrogen-bond acceptors (Lipinski definition) is 5. The van der Waals surface area contributed by atoms with E-state index in [1.165, 1.54) is 5.56 Å². The molecular weight excluding hydrogens is 360 g/mol. The summed E-state index contributed by atoms with van der Waals surface area (Å²) in [5.41, 5.74) is 4.13. The van der Waals surface area contributed by atoms with E-state index in [1.807, 2.05) is 62.4 Å². The van der Waals surface area contributed by atoms with Gasteiger partial charge < -0.3 is 10.6 Å². The fraction of sp³-hybridized carbons (Fsp3) is 0.200. The minimum Gasteiger partial charge on any atom is -0.350 e. The van der Waals surface area contributed by atoms with Crippen molar-refractivity contribution in [3.63, 3.8) is 0 Å². The van der Waals surface area contributed by atoms with Crippen LogP contribution in [0.15, 0.2) is 48.5 Å². The molecule has 1 aromatic heterocycles. The van der Waals surface area contributed by atoms with Crippen LogP contribution in [0, 0.1) is 13.8 Å². The van der Waals surface area contributed by atoms with E-state index in [0.29, 0.717) is 12.2 Å². The second-order valence-corrected chi connectivity index (χ2v) is 7.20. The topological polar surface area (TPSA) is 84.0 Å². The van der Waals surface area contributed by atoms with Crippen molar-refractivity contribution in [3.05, 3.63) is 75.2 Å². The molecule has 0 radical (unpaired) electrons. The summed E-state index contributed by atoms with van der Waals surface area (Å²) in [5.74, 6) is -0.705. The van der Waals surface area contributed by atoms with Gasteiger partial charge in [0.15, 0.2) is 0 Å². The Kier molecular flexibility index (Phi) is 5.93. The first-order valence-corrected chi connectivity index (χ1v) is 9.38.